The fraction of sp³-hybridized carbons (Fsp3) is 0.417. The van der Waals surface area contributed by atoms with E-state index in [0.717, 1.165) is 44.4 Å². The minimum Gasteiger partial charge on any atom is -0.468 e. The van der Waals surface area contributed by atoms with Gasteiger partial charge in [-0.2, -0.15) is 0 Å². The summed E-state index contributed by atoms with van der Waals surface area (Å²) in [5.41, 5.74) is 2.44. The molecule has 1 aliphatic heterocycles. The van der Waals surface area contributed by atoms with Crippen molar-refractivity contribution < 1.29 is 4.42 Å². The largest absolute Gasteiger partial charge is 0.468 e. The van der Waals surface area contributed by atoms with Crippen molar-refractivity contribution in [3.8, 4) is 0 Å². The van der Waals surface area contributed by atoms with Gasteiger partial charge in [0.15, 0.2) is 5.96 Å². The lowest BCUT2D eigenvalue weighted by atomic mass is 10.1. The number of nitrogens with zero attached hydrogens (tertiary/aromatic N) is 4. The third-order valence-corrected chi connectivity index (χ3v) is 5.60. The van der Waals surface area contributed by atoms with E-state index in [1.54, 1.807) is 12.5 Å². The number of imidazole rings is 1. The molecule has 0 bridgehead atoms. The summed E-state index contributed by atoms with van der Waals surface area (Å²) in [7, 11) is 0. The van der Waals surface area contributed by atoms with Crippen molar-refractivity contribution >= 4 is 29.9 Å². The van der Waals surface area contributed by atoms with E-state index in [4.69, 9.17) is 9.41 Å². The Morgan fingerprint density at radius 2 is 2.00 bits per heavy atom. The van der Waals surface area contributed by atoms with E-state index in [9.17, 15) is 0 Å². The van der Waals surface area contributed by atoms with Gasteiger partial charge in [0.25, 0.3) is 0 Å². The lowest BCUT2D eigenvalue weighted by Crippen LogP contribution is -2.42. The van der Waals surface area contributed by atoms with E-state index in [1.807, 2.05) is 18.6 Å². The molecule has 32 heavy (non-hydrogen) atoms. The maximum atomic E-state index is 5.74. The first-order valence-electron chi connectivity index (χ1n) is 11.1. The van der Waals surface area contributed by atoms with Crippen molar-refractivity contribution in [1.82, 2.24) is 25.1 Å². The summed E-state index contributed by atoms with van der Waals surface area (Å²) in [6.45, 7) is 7.35. The summed E-state index contributed by atoms with van der Waals surface area (Å²) in [6.07, 6.45) is 9.89. The van der Waals surface area contributed by atoms with E-state index in [0.29, 0.717) is 6.54 Å². The summed E-state index contributed by atoms with van der Waals surface area (Å²) in [5.74, 6) is 1.84. The first-order chi connectivity index (χ1) is 15.3. The standard InChI is InChI=1S/C24H32N6O.HI/c1-2-26-24(28-17-22(23-9-6-14-31-23)30-11-3-4-12-30)27-16-20-7-5-8-21(15-20)18-29-13-10-25-19-29;/h5-10,13-15,19,22H,2-4,11-12,16-18H2,1H3,(H2,26,27,28);1H. The van der Waals surface area contributed by atoms with Gasteiger partial charge in [-0.1, -0.05) is 24.3 Å². The number of aromatic nitrogens is 2. The maximum absolute atomic E-state index is 5.74. The Bertz CT molecular complexity index is 935. The molecule has 3 heterocycles. The first kappa shape index (κ1) is 24.3. The van der Waals surface area contributed by atoms with Crippen LogP contribution in [0.4, 0.5) is 0 Å². The molecule has 8 heteroatoms. The van der Waals surface area contributed by atoms with Crippen LogP contribution >= 0.6 is 24.0 Å². The molecule has 2 N–H and O–H groups in total. The number of likely N-dealkylation sites (tertiary alicyclic amines) is 1. The van der Waals surface area contributed by atoms with E-state index in [-0.39, 0.29) is 30.0 Å². The number of furan rings is 1. The number of nitrogens with one attached hydrogen (secondary N) is 2. The second-order valence-corrected chi connectivity index (χ2v) is 7.91. The molecule has 1 saturated heterocycles. The van der Waals surface area contributed by atoms with Gasteiger partial charge in [0.2, 0.25) is 0 Å². The number of hydrogen-bond donors (Lipinski definition) is 2. The Kier molecular flexibility index (Phi) is 9.61. The molecule has 1 aromatic carbocycles. The van der Waals surface area contributed by atoms with Crippen LogP contribution in [-0.4, -0.2) is 46.6 Å². The van der Waals surface area contributed by atoms with Crippen LogP contribution in [0.5, 0.6) is 0 Å². The van der Waals surface area contributed by atoms with E-state index in [2.05, 4.69) is 62.3 Å². The number of guanidine groups is 1. The average molecular weight is 548 g/mol. The molecule has 0 spiro atoms. The van der Waals surface area contributed by atoms with E-state index < -0.39 is 0 Å². The highest BCUT2D eigenvalue weighted by atomic mass is 127. The summed E-state index contributed by atoms with van der Waals surface area (Å²) in [6, 6.07) is 12.8. The predicted octanol–water partition coefficient (Wildman–Crippen LogP) is 4.03. The van der Waals surface area contributed by atoms with Crippen molar-refractivity contribution in [3.63, 3.8) is 0 Å². The molecule has 0 radical (unpaired) electrons. The number of halogens is 1. The Balaban J connectivity index is 0.00000289. The Labute approximate surface area is 207 Å². The van der Waals surface area contributed by atoms with Gasteiger partial charge in [-0.25, -0.2) is 9.98 Å². The highest BCUT2D eigenvalue weighted by molar-refractivity contribution is 14.0. The van der Waals surface area contributed by atoms with Crippen molar-refractivity contribution in [2.75, 3.05) is 26.2 Å². The second kappa shape index (κ2) is 12.6. The lowest BCUT2D eigenvalue weighted by Gasteiger charge is -2.26. The number of rotatable bonds is 9. The third kappa shape index (κ3) is 6.83. The van der Waals surface area contributed by atoms with Gasteiger partial charge in [0.05, 0.1) is 25.2 Å². The minimum absolute atomic E-state index is 0. The van der Waals surface area contributed by atoms with Crippen molar-refractivity contribution in [2.45, 2.75) is 38.9 Å². The van der Waals surface area contributed by atoms with Crippen LogP contribution in [-0.2, 0) is 13.1 Å². The molecule has 7 nitrogen and oxygen atoms in total. The number of benzene rings is 1. The molecule has 1 unspecified atom stereocenters. The second-order valence-electron chi connectivity index (χ2n) is 7.91. The molecule has 0 saturated carbocycles. The van der Waals surface area contributed by atoms with Crippen LogP contribution in [0.15, 0.2) is 70.8 Å². The SMILES string of the molecule is CCNC(=NCc1cccc(Cn2ccnc2)c1)NCC(c1ccco1)N1CCCC1.I. The Hall–Kier alpha value is -2.33. The average Bonchev–Trinajstić information content (AvgIpc) is 3.56. The van der Waals surface area contributed by atoms with Gasteiger partial charge >= 0.3 is 0 Å². The van der Waals surface area contributed by atoms with Gasteiger partial charge in [-0.3, -0.25) is 4.90 Å². The van der Waals surface area contributed by atoms with E-state index >= 15 is 0 Å². The number of aliphatic imine (C=N–C) groups is 1. The van der Waals surface area contributed by atoms with Gasteiger partial charge in [0.1, 0.15) is 5.76 Å². The molecule has 1 fully saturated rings. The summed E-state index contributed by atoms with van der Waals surface area (Å²) in [5, 5.41) is 6.90. The number of hydrogen-bond acceptors (Lipinski definition) is 4. The molecular weight excluding hydrogens is 515 g/mol. The molecule has 0 amide bonds. The third-order valence-electron chi connectivity index (χ3n) is 5.60. The van der Waals surface area contributed by atoms with Gasteiger partial charge < -0.3 is 19.6 Å². The summed E-state index contributed by atoms with van der Waals surface area (Å²) < 4.78 is 7.81. The van der Waals surface area contributed by atoms with Gasteiger partial charge in [-0.05, 0) is 56.1 Å². The topological polar surface area (TPSA) is 70.6 Å². The molecule has 2 aromatic heterocycles. The van der Waals surface area contributed by atoms with E-state index in [1.165, 1.54) is 24.0 Å². The summed E-state index contributed by atoms with van der Waals surface area (Å²) in [4.78, 5) is 11.4. The highest BCUT2D eigenvalue weighted by Crippen LogP contribution is 2.24. The molecule has 3 aromatic rings. The molecule has 172 valence electrons. The van der Waals surface area contributed by atoms with Crippen molar-refractivity contribution in [1.29, 1.82) is 0 Å². The molecule has 0 aliphatic carbocycles. The molecule has 1 atom stereocenters. The highest BCUT2D eigenvalue weighted by Gasteiger charge is 2.25. The van der Waals surface area contributed by atoms with Crippen molar-refractivity contribution in [3.05, 3.63) is 78.3 Å². The zero-order chi connectivity index (χ0) is 21.3. The molecule has 4 rings (SSSR count). The zero-order valence-electron chi connectivity index (χ0n) is 18.6. The Morgan fingerprint density at radius 3 is 2.72 bits per heavy atom. The van der Waals surface area contributed by atoms with Gasteiger partial charge in [0, 0.05) is 32.0 Å². The first-order valence-corrected chi connectivity index (χ1v) is 11.1. The quantitative estimate of drug-likeness (QED) is 0.240. The molecule has 1 aliphatic rings. The van der Waals surface area contributed by atoms with Crippen LogP contribution in [0.2, 0.25) is 0 Å². The fourth-order valence-corrected chi connectivity index (χ4v) is 4.07. The summed E-state index contributed by atoms with van der Waals surface area (Å²) >= 11 is 0. The predicted molar refractivity (Wildman–Crippen MR) is 138 cm³/mol. The zero-order valence-corrected chi connectivity index (χ0v) is 20.9. The van der Waals surface area contributed by atoms with Crippen LogP contribution in [0.1, 0.15) is 42.7 Å². The minimum atomic E-state index is 0. The van der Waals surface area contributed by atoms with Crippen LogP contribution in [0, 0.1) is 0 Å². The van der Waals surface area contributed by atoms with Crippen molar-refractivity contribution in [2.24, 2.45) is 4.99 Å². The monoisotopic (exact) mass is 548 g/mol. The Morgan fingerprint density at radius 1 is 1.16 bits per heavy atom. The van der Waals surface area contributed by atoms with Crippen LogP contribution in [0.25, 0.3) is 0 Å². The normalized spacial score (nSPS) is 15.3. The molecular formula is C24H33IN6O. The van der Waals surface area contributed by atoms with Gasteiger partial charge in [-0.15, -0.1) is 24.0 Å². The smallest absolute Gasteiger partial charge is 0.191 e. The maximum Gasteiger partial charge on any atom is 0.191 e. The van der Waals surface area contributed by atoms with Crippen LogP contribution < -0.4 is 10.6 Å². The fourth-order valence-electron chi connectivity index (χ4n) is 4.07. The lowest BCUT2D eigenvalue weighted by molar-refractivity contribution is 0.215. The van der Waals surface area contributed by atoms with Crippen LogP contribution in [0.3, 0.4) is 0 Å².